The smallest absolute Gasteiger partial charge is 0.179 e. The van der Waals surface area contributed by atoms with Crippen LogP contribution in [0.3, 0.4) is 0 Å². The number of benzene rings is 1. The van der Waals surface area contributed by atoms with E-state index in [0.29, 0.717) is 18.5 Å². The summed E-state index contributed by atoms with van der Waals surface area (Å²) in [5, 5.41) is 4.61. The Kier molecular flexibility index (Phi) is 3.88. The van der Waals surface area contributed by atoms with E-state index < -0.39 is 0 Å². The van der Waals surface area contributed by atoms with Gasteiger partial charge in [-0.3, -0.25) is 0 Å². The average Bonchev–Trinajstić information content (AvgIpc) is 3.03. The first kappa shape index (κ1) is 14.0. The van der Waals surface area contributed by atoms with Crippen molar-refractivity contribution >= 4 is 10.9 Å². The predicted octanol–water partition coefficient (Wildman–Crippen LogP) is 2.27. The van der Waals surface area contributed by atoms with Gasteiger partial charge in [-0.1, -0.05) is 6.07 Å². The summed E-state index contributed by atoms with van der Waals surface area (Å²) in [4.78, 5) is 5.58. The lowest BCUT2D eigenvalue weighted by Crippen LogP contribution is -2.24. The fraction of sp³-hybridized carbons (Fsp3) is 0.412. The lowest BCUT2D eigenvalue weighted by Gasteiger charge is -2.10. The van der Waals surface area contributed by atoms with Gasteiger partial charge >= 0.3 is 0 Å². The summed E-state index contributed by atoms with van der Waals surface area (Å²) in [6.07, 6.45) is 4.17. The van der Waals surface area contributed by atoms with Crippen molar-refractivity contribution in [3.8, 4) is 0 Å². The molecule has 2 N–H and O–H groups in total. The lowest BCUT2D eigenvalue weighted by molar-refractivity contribution is 0.255. The molecule has 0 radical (unpaired) electrons. The Morgan fingerprint density at radius 2 is 2.24 bits per heavy atom. The van der Waals surface area contributed by atoms with Crippen LogP contribution in [0.15, 0.2) is 36.9 Å². The lowest BCUT2D eigenvalue weighted by atomic mass is 10.0. The number of hydrogen-bond acceptors (Lipinski definition) is 3. The van der Waals surface area contributed by atoms with Gasteiger partial charge in [0.15, 0.2) is 5.88 Å². The Labute approximate surface area is 125 Å². The Balaban J connectivity index is 1.77. The molecule has 1 atom stereocenters. The number of ether oxygens (including phenoxy) is 1. The minimum Gasteiger partial charge on any atom is -0.477 e. The van der Waals surface area contributed by atoms with E-state index >= 15 is 0 Å². The van der Waals surface area contributed by atoms with Crippen LogP contribution < -0.4 is 5.32 Å². The fourth-order valence-electron chi connectivity index (χ4n) is 2.81. The number of likely N-dealkylation sites (N-methyl/N-ethyl adjacent to an activating group) is 1. The van der Waals surface area contributed by atoms with Gasteiger partial charge in [0.1, 0.15) is 6.61 Å². The van der Waals surface area contributed by atoms with Crippen molar-refractivity contribution in [2.45, 2.75) is 18.9 Å². The average molecular weight is 285 g/mol. The quantitative estimate of drug-likeness (QED) is 0.885. The largest absolute Gasteiger partial charge is 0.477 e. The molecule has 1 aliphatic heterocycles. The Bertz CT molecular complexity index is 645. The number of rotatable bonds is 5. The van der Waals surface area contributed by atoms with Crippen molar-refractivity contribution in [3.05, 3.63) is 48.0 Å². The summed E-state index contributed by atoms with van der Waals surface area (Å²) in [6, 6.07) is 7.00. The first-order valence-corrected chi connectivity index (χ1v) is 7.43. The molecule has 1 fully saturated rings. The normalized spacial score (nSPS) is 18.2. The molecule has 21 heavy (non-hydrogen) atoms. The molecular weight excluding hydrogens is 262 g/mol. The van der Waals surface area contributed by atoms with Crippen molar-refractivity contribution in [2.24, 2.45) is 0 Å². The van der Waals surface area contributed by atoms with Crippen LogP contribution in [-0.2, 0) is 17.6 Å². The van der Waals surface area contributed by atoms with E-state index in [-0.39, 0.29) is 0 Å². The van der Waals surface area contributed by atoms with Crippen LogP contribution in [0, 0.1) is 0 Å². The van der Waals surface area contributed by atoms with Gasteiger partial charge in [0.2, 0.25) is 0 Å². The van der Waals surface area contributed by atoms with Crippen molar-refractivity contribution in [1.82, 2.24) is 15.2 Å². The molecule has 0 saturated carbocycles. The molecule has 0 amide bonds. The summed E-state index contributed by atoms with van der Waals surface area (Å²) in [6.45, 7) is 5.57. The molecule has 0 spiro atoms. The van der Waals surface area contributed by atoms with E-state index in [1.54, 1.807) is 0 Å². The summed E-state index contributed by atoms with van der Waals surface area (Å²) in [5.74, 6) is 0.689. The fourth-order valence-corrected chi connectivity index (χ4v) is 2.81. The molecule has 2 heterocycles. The zero-order valence-electron chi connectivity index (χ0n) is 12.8. The third-order valence-corrected chi connectivity index (χ3v) is 3.97. The monoisotopic (exact) mass is 285 g/mol. The Morgan fingerprint density at radius 3 is 2.95 bits per heavy atom. The topological polar surface area (TPSA) is 40.3 Å². The number of fused-ring (bicyclic) bond motifs is 1. The zero-order chi connectivity index (χ0) is 14.8. The molecule has 4 heteroatoms. The number of nitrogens with zero attached hydrogens (tertiary/aromatic N) is 1. The molecular formula is C17H23N3O. The molecule has 1 aliphatic rings. The van der Waals surface area contributed by atoms with Crippen molar-refractivity contribution in [1.29, 1.82) is 0 Å². The van der Waals surface area contributed by atoms with E-state index in [1.165, 1.54) is 22.0 Å². The second kappa shape index (κ2) is 5.82. The number of aromatic nitrogens is 1. The van der Waals surface area contributed by atoms with Gasteiger partial charge in [-0.2, -0.15) is 0 Å². The van der Waals surface area contributed by atoms with Crippen LogP contribution in [0.1, 0.15) is 11.1 Å². The molecule has 1 saturated heterocycles. The maximum atomic E-state index is 5.38. The maximum Gasteiger partial charge on any atom is 0.179 e. The minimum atomic E-state index is 0.333. The van der Waals surface area contributed by atoms with Crippen molar-refractivity contribution < 1.29 is 4.74 Å². The van der Waals surface area contributed by atoms with Gasteiger partial charge in [0.05, 0.1) is 6.04 Å². The van der Waals surface area contributed by atoms with Crippen LogP contribution in [0.2, 0.25) is 0 Å². The van der Waals surface area contributed by atoms with Gasteiger partial charge in [-0.25, -0.2) is 0 Å². The van der Waals surface area contributed by atoms with Crippen LogP contribution in [-0.4, -0.2) is 43.2 Å². The molecule has 112 valence electrons. The highest BCUT2D eigenvalue weighted by Crippen LogP contribution is 2.22. The molecule has 3 rings (SSSR count). The number of H-pyrrole nitrogens is 1. The SMILES string of the molecule is C=C1N[C@@H](Cc2ccc3[nH]cc(CCN(C)C)c3c2)CO1. The first-order valence-electron chi connectivity index (χ1n) is 7.43. The highest BCUT2D eigenvalue weighted by molar-refractivity contribution is 5.83. The Morgan fingerprint density at radius 1 is 1.38 bits per heavy atom. The van der Waals surface area contributed by atoms with Gasteiger partial charge in [-0.15, -0.1) is 0 Å². The summed E-state index contributed by atoms with van der Waals surface area (Å²) in [7, 11) is 4.22. The number of nitrogens with one attached hydrogen (secondary N) is 2. The van der Waals surface area contributed by atoms with Crippen LogP contribution in [0.5, 0.6) is 0 Å². The second-order valence-corrected chi connectivity index (χ2v) is 6.03. The minimum absolute atomic E-state index is 0.333. The molecule has 4 nitrogen and oxygen atoms in total. The van der Waals surface area contributed by atoms with E-state index in [0.717, 1.165) is 19.4 Å². The second-order valence-electron chi connectivity index (χ2n) is 6.03. The molecule has 1 aromatic carbocycles. The first-order chi connectivity index (χ1) is 10.1. The standard InChI is InChI=1S/C17H23N3O/c1-12-19-15(11-21-12)8-13-4-5-17-16(9-13)14(10-18-17)6-7-20(2)3/h4-5,9-10,15,18-19H,1,6-8,11H2,2-3H3/t15-/m0/s1. The third-order valence-electron chi connectivity index (χ3n) is 3.97. The van der Waals surface area contributed by atoms with Gasteiger partial charge in [0, 0.05) is 23.6 Å². The summed E-state index contributed by atoms with van der Waals surface area (Å²) >= 11 is 0. The molecule has 0 aliphatic carbocycles. The molecule has 0 unspecified atom stereocenters. The van der Waals surface area contributed by atoms with E-state index in [9.17, 15) is 0 Å². The highest BCUT2D eigenvalue weighted by Gasteiger charge is 2.18. The number of hydrogen-bond donors (Lipinski definition) is 2. The molecule has 1 aromatic heterocycles. The van der Waals surface area contributed by atoms with Crippen molar-refractivity contribution in [3.63, 3.8) is 0 Å². The molecule has 0 bridgehead atoms. The maximum absolute atomic E-state index is 5.38. The third kappa shape index (κ3) is 3.22. The van der Waals surface area contributed by atoms with E-state index in [4.69, 9.17) is 4.74 Å². The summed E-state index contributed by atoms with van der Waals surface area (Å²) in [5.41, 5.74) is 3.94. The van der Waals surface area contributed by atoms with Gasteiger partial charge < -0.3 is 19.9 Å². The highest BCUT2D eigenvalue weighted by atomic mass is 16.5. The van der Waals surface area contributed by atoms with E-state index in [1.807, 2.05) is 0 Å². The molecule has 2 aromatic rings. The zero-order valence-corrected chi connectivity index (χ0v) is 12.8. The van der Waals surface area contributed by atoms with E-state index in [2.05, 4.69) is 60.3 Å². The van der Waals surface area contributed by atoms with Gasteiger partial charge in [0.25, 0.3) is 0 Å². The predicted molar refractivity (Wildman–Crippen MR) is 86.3 cm³/mol. The Hall–Kier alpha value is -1.94. The van der Waals surface area contributed by atoms with Crippen LogP contribution in [0.25, 0.3) is 10.9 Å². The summed E-state index contributed by atoms with van der Waals surface area (Å²) < 4.78 is 5.38. The van der Waals surface area contributed by atoms with Crippen LogP contribution >= 0.6 is 0 Å². The van der Waals surface area contributed by atoms with Gasteiger partial charge in [-0.05, 0) is 56.8 Å². The number of aromatic amines is 1. The van der Waals surface area contributed by atoms with Crippen LogP contribution in [0.4, 0.5) is 0 Å². The van der Waals surface area contributed by atoms with Crippen molar-refractivity contribution in [2.75, 3.05) is 27.2 Å².